The SMILES string of the molecule is CCCc1nc2c(c(=O)[nH]1)CN(Cc1cc(OCC)ccc1OCC)CC2. The van der Waals surface area contributed by atoms with Gasteiger partial charge in [0.2, 0.25) is 0 Å². The molecule has 0 fully saturated rings. The zero-order valence-corrected chi connectivity index (χ0v) is 16.5. The van der Waals surface area contributed by atoms with Gasteiger partial charge < -0.3 is 14.5 Å². The lowest BCUT2D eigenvalue weighted by atomic mass is 10.1. The zero-order chi connectivity index (χ0) is 19.2. The van der Waals surface area contributed by atoms with E-state index in [0.717, 1.165) is 60.0 Å². The Balaban J connectivity index is 1.80. The first-order valence-corrected chi connectivity index (χ1v) is 9.86. The number of ether oxygens (including phenoxy) is 2. The van der Waals surface area contributed by atoms with Crippen molar-refractivity contribution in [2.75, 3.05) is 19.8 Å². The first-order valence-electron chi connectivity index (χ1n) is 9.86. The number of nitrogens with one attached hydrogen (secondary N) is 1. The first kappa shape index (κ1) is 19.4. The van der Waals surface area contributed by atoms with Gasteiger partial charge in [-0.05, 0) is 38.5 Å². The number of H-pyrrole nitrogens is 1. The largest absolute Gasteiger partial charge is 0.494 e. The lowest BCUT2D eigenvalue weighted by Gasteiger charge is -2.28. The van der Waals surface area contributed by atoms with Crippen LogP contribution < -0.4 is 15.0 Å². The van der Waals surface area contributed by atoms with E-state index in [1.807, 2.05) is 32.0 Å². The van der Waals surface area contributed by atoms with Gasteiger partial charge in [-0.25, -0.2) is 4.98 Å². The highest BCUT2D eigenvalue weighted by atomic mass is 16.5. The summed E-state index contributed by atoms with van der Waals surface area (Å²) >= 11 is 0. The minimum atomic E-state index is 0.00116. The Morgan fingerprint density at radius 1 is 1.19 bits per heavy atom. The molecular formula is C21H29N3O3. The number of aromatic amines is 1. The van der Waals surface area contributed by atoms with Crippen LogP contribution in [0.3, 0.4) is 0 Å². The van der Waals surface area contributed by atoms with E-state index in [1.165, 1.54) is 0 Å². The molecule has 0 atom stereocenters. The van der Waals surface area contributed by atoms with Crippen molar-refractivity contribution >= 4 is 0 Å². The van der Waals surface area contributed by atoms with E-state index in [9.17, 15) is 4.79 Å². The van der Waals surface area contributed by atoms with Crippen molar-refractivity contribution < 1.29 is 9.47 Å². The Hall–Kier alpha value is -2.34. The third-order valence-electron chi connectivity index (χ3n) is 4.72. The summed E-state index contributed by atoms with van der Waals surface area (Å²) in [5.74, 6) is 2.52. The summed E-state index contributed by atoms with van der Waals surface area (Å²) in [6.45, 7) is 9.49. The number of aryl methyl sites for hydroxylation is 1. The lowest BCUT2D eigenvalue weighted by molar-refractivity contribution is 0.234. The molecule has 27 heavy (non-hydrogen) atoms. The van der Waals surface area contributed by atoms with Crippen molar-refractivity contribution in [2.24, 2.45) is 0 Å². The minimum Gasteiger partial charge on any atom is -0.494 e. The van der Waals surface area contributed by atoms with Gasteiger partial charge in [0.05, 0.1) is 24.5 Å². The summed E-state index contributed by atoms with van der Waals surface area (Å²) in [6, 6.07) is 5.94. The van der Waals surface area contributed by atoms with Crippen LogP contribution in [-0.2, 0) is 25.9 Å². The molecule has 0 saturated heterocycles. The maximum absolute atomic E-state index is 12.5. The van der Waals surface area contributed by atoms with E-state index in [2.05, 4.69) is 21.8 Å². The molecule has 146 valence electrons. The van der Waals surface area contributed by atoms with Crippen LogP contribution in [0.5, 0.6) is 11.5 Å². The van der Waals surface area contributed by atoms with Gasteiger partial charge in [-0.2, -0.15) is 0 Å². The van der Waals surface area contributed by atoms with E-state index in [0.29, 0.717) is 26.3 Å². The molecule has 1 N–H and O–H groups in total. The van der Waals surface area contributed by atoms with Gasteiger partial charge in [0.25, 0.3) is 5.56 Å². The maximum atomic E-state index is 12.5. The number of hydrogen-bond acceptors (Lipinski definition) is 5. The number of rotatable bonds is 8. The fraction of sp³-hybridized carbons (Fsp3) is 0.524. The van der Waals surface area contributed by atoms with Gasteiger partial charge >= 0.3 is 0 Å². The molecule has 1 aliphatic rings. The lowest BCUT2D eigenvalue weighted by Crippen LogP contribution is -2.35. The Kier molecular flexibility index (Phi) is 6.50. The van der Waals surface area contributed by atoms with Crippen LogP contribution in [0.15, 0.2) is 23.0 Å². The van der Waals surface area contributed by atoms with Gasteiger partial charge in [-0.15, -0.1) is 0 Å². The smallest absolute Gasteiger partial charge is 0.255 e. The summed E-state index contributed by atoms with van der Waals surface area (Å²) in [5.41, 5.74) is 2.83. The molecule has 3 rings (SSSR count). The quantitative estimate of drug-likeness (QED) is 0.772. The average Bonchev–Trinajstić information content (AvgIpc) is 2.65. The first-order chi connectivity index (χ1) is 13.1. The van der Waals surface area contributed by atoms with Crippen LogP contribution in [0.2, 0.25) is 0 Å². The molecule has 0 aliphatic carbocycles. The van der Waals surface area contributed by atoms with Gasteiger partial charge in [0, 0.05) is 38.0 Å². The van der Waals surface area contributed by atoms with Crippen LogP contribution in [0.4, 0.5) is 0 Å². The number of benzene rings is 1. The number of nitrogens with zero attached hydrogens (tertiary/aromatic N) is 2. The zero-order valence-electron chi connectivity index (χ0n) is 16.5. The second kappa shape index (κ2) is 9.04. The van der Waals surface area contributed by atoms with Crippen LogP contribution in [-0.4, -0.2) is 34.6 Å². The van der Waals surface area contributed by atoms with Crippen molar-refractivity contribution in [1.82, 2.24) is 14.9 Å². The highest BCUT2D eigenvalue weighted by Crippen LogP contribution is 2.27. The summed E-state index contributed by atoms with van der Waals surface area (Å²) < 4.78 is 11.4. The van der Waals surface area contributed by atoms with Crippen LogP contribution >= 0.6 is 0 Å². The fourth-order valence-corrected chi connectivity index (χ4v) is 3.50. The van der Waals surface area contributed by atoms with Crippen molar-refractivity contribution in [3.05, 3.63) is 51.2 Å². The molecular weight excluding hydrogens is 342 g/mol. The maximum Gasteiger partial charge on any atom is 0.255 e. The molecule has 6 heteroatoms. The molecule has 1 aliphatic heterocycles. The summed E-state index contributed by atoms with van der Waals surface area (Å²) in [4.78, 5) is 22.4. The molecule has 2 aromatic rings. The topological polar surface area (TPSA) is 67.5 Å². The van der Waals surface area contributed by atoms with Gasteiger partial charge in [-0.1, -0.05) is 6.92 Å². The van der Waals surface area contributed by atoms with Gasteiger partial charge in [0.1, 0.15) is 17.3 Å². The fourth-order valence-electron chi connectivity index (χ4n) is 3.50. The van der Waals surface area contributed by atoms with Crippen LogP contribution in [0.1, 0.15) is 49.8 Å². The standard InChI is InChI=1S/C21H29N3O3/c1-4-7-20-22-18-10-11-24(14-17(18)21(25)23-20)13-15-12-16(26-5-2)8-9-19(15)27-6-3/h8-9,12H,4-7,10-11,13-14H2,1-3H3,(H,22,23,25). The highest BCUT2D eigenvalue weighted by molar-refractivity contribution is 5.40. The van der Waals surface area contributed by atoms with Crippen LogP contribution in [0, 0.1) is 0 Å². The third kappa shape index (κ3) is 4.69. The van der Waals surface area contributed by atoms with E-state index in [-0.39, 0.29) is 5.56 Å². The second-order valence-corrected chi connectivity index (χ2v) is 6.78. The van der Waals surface area contributed by atoms with Gasteiger partial charge in [0.15, 0.2) is 0 Å². The molecule has 1 aromatic heterocycles. The number of fused-ring (bicyclic) bond motifs is 1. The van der Waals surface area contributed by atoms with Crippen molar-refractivity contribution in [3.63, 3.8) is 0 Å². The van der Waals surface area contributed by atoms with Crippen LogP contribution in [0.25, 0.3) is 0 Å². The summed E-state index contributed by atoms with van der Waals surface area (Å²) in [5, 5.41) is 0. The summed E-state index contributed by atoms with van der Waals surface area (Å²) in [6.07, 6.45) is 2.59. The highest BCUT2D eigenvalue weighted by Gasteiger charge is 2.22. The predicted molar refractivity (Wildman–Crippen MR) is 105 cm³/mol. The van der Waals surface area contributed by atoms with Crippen molar-refractivity contribution in [3.8, 4) is 11.5 Å². The third-order valence-corrected chi connectivity index (χ3v) is 4.72. The molecule has 1 aromatic carbocycles. The number of hydrogen-bond donors (Lipinski definition) is 1. The summed E-state index contributed by atoms with van der Waals surface area (Å²) in [7, 11) is 0. The average molecular weight is 371 g/mol. The molecule has 6 nitrogen and oxygen atoms in total. The van der Waals surface area contributed by atoms with E-state index in [4.69, 9.17) is 9.47 Å². The molecule has 0 unspecified atom stereocenters. The Labute approximate surface area is 160 Å². The van der Waals surface area contributed by atoms with E-state index >= 15 is 0 Å². The second-order valence-electron chi connectivity index (χ2n) is 6.78. The van der Waals surface area contributed by atoms with Crippen molar-refractivity contribution in [2.45, 2.75) is 53.1 Å². The normalized spacial score (nSPS) is 14.0. The molecule has 0 bridgehead atoms. The Bertz CT molecular complexity index is 832. The molecule has 0 saturated carbocycles. The molecule has 2 heterocycles. The van der Waals surface area contributed by atoms with E-state index < -0.39 is 0 Å². The van der Waals surface area contributed by atoms with Gasteiger partial charge in [-0.3, -0.25) is 9.69 Å². The monoisotopic (exact) mass is 371 g/mol. The Morgan fingerprint density at radius 3 is 2.74 bits per heavy atom. The minimum absolute atomic E-state index is 0.00116. The number of aromatic nitrogens is 2. The molecule has 0 amide bonds. The molecule has 0 spiro atoms. The predicted octanol–water partition coefficient (Wildman–Crippen LogP) is 3.08. The van der Waals surface area contributed by atoms with E-state index in [1.54, 1.807) is 0 Å². The Morgan fingerprint density at radius 2 is 2.00 bits per heavy atom. The molecule has 0 radical (unpaired) electrons. The van der Waals surface area contributed by atoms with Crippen molar-refractivity contribution in [1.29, 1.82) is 0 Å².